The summed E-state index contributed by atoms with van der Waals surface area (Å²) in [6.07, 6.45) is 8.07. The Morgan fingerprint density at radius 2 is 1.97 bits per heavy atom. The molecule has 0 bridgehead atoms. The molecule has 2 aromatic rings. The zero-order chi connectivity index (χ0) is 22.9. The number of hydrogen-bond acceptors (Lipinski definition) is 5. The molecule has 0 spiro atoms. The SMILES string of the molecule is CC(=O)CCCCC[C@H](NC(=O)C1CCCCN1C)C(=O)Nc1cnc2ccccc2c1. The topological polar surface area (TPSA) is 91.4 Å². The van der Waals surface area contributed by atoms with E-state index in [2.05, 4.69) is 20.5 Å². The van der Waals surface area contributed by atoms with E-state index < -0.39 is 6.04 Å². The van der Waals surface area contributed by atoms with E-state index in [4.69, 9.17) is 0 Å². The number of fused-ring (bicyclic) bond motifs is 1. The normalized spacial score (nSPS) is 17.6. The van der Waals surface area contributed by atoms with Gasteiger partial charge in [-0.15, -0.1) is 0 Å². The van der Waals surface area contributed by atoms with E-state index >= 15 is 0 Å². The van der Waals surface area contributed by atoms with Crippen molar-refractivity contribution in [1.29, 1.82) is 0 Å². The summed E-state index contributed by atoms with van der Waals surface area (Å²) in [6.45, 7) is 2.48. The van der Waals surface area contributed by atoms with Gasteiger partial charge in [0, 0.05) is 11.8 Å². The van der Waals surface area contributed by atoms with Crippen LogP contribution in [0.3, 0.4) is 0 Å². The number of pyridine rings is 1. The molecule has 1 aliphatic heterocycles. The van der Waals surface area contributed by atoms with Crippen LogP contribution in [0, 0.1) is 0 Å². The van der Waals surface area contributed by atoms with Crippen molar-refractivity contribution in [3.05, 3.63) is 36.5 Å². The summed E-state index contributed by atoms with van der Waals surface area (Å²) in [7, 11) is 1.96. The second-order valence-corrected chi connectivity index (χ2v) is 8.76. The van der Waals surface area contributed by atoms with Crippen molar-refractivity contribution in [3.63, 3.8) is 0 Å². The number of likely N-dealkylation sites (N-methyl/N-ethyl adjacent to an activating group) is 1. The number of carbonyl (C=O) groups excluding carboxylic acids is 3. The number of aromatic nitrogens is 1. The minimum atomic E-state index is -0.623. The largest absolute Gasteiger partial charge is 0.343 e. The third kappa shape index (κ3) is 6.85. The van der Waals surface area contributed by atoms with Crippen LogP contribution < -0.4 is 10.6 Å². The number of amides is 2. The molecule has 2 N–H and O–H groups in total. The van der Waals surface area contributed by atoms with Crippen molar-refractivity contribution in [2.45, 2.75) is 70.4 Å². The van der Waals surface area contributed by atoms with Gasteiger partial charge in [-0.3, -0.25) is 19.5 Å². The van der Waals surface area contributed by atoms with Crippen LogP contribution >= 0.6 is 0 Å². The van der Waals surface area contributed by atoms with Crippen molar-refractivity contribution in [3.8, 4) is 0 Å². The van der Waals surface area contributed by atoms with Gasteiger partial charge in [-0.25, -0.2) is 0 Å². The van der Waals surface area contributed by atoms with Crippen molar-refractivity contribution in [2.75, 3.05) is 18.9 Å². The van der Waals surface area contributed by atoms with E-state index in [9.17, 15) is 14.4 Å². The molecule has 7 heteroatoms. The zero-order valence-corrected chi connectivity index (χ0v) is 19.1. The number of hydrogen-bond donors (Lipinski definition) is 2. The Bertz CT molecular complexity index is 946. The van der Waals surface area contributed by atoms with Crippen LogP contribution in [0.2, 0.25) is 0 Å². The number of rotatable bonds is 10. The van der Waals surface area contributed by atoms with Gasteiger partial charge in [-0.1, -0.05) is 37.5 Å². The number of Topliss-reactive ketones (excluding diaryl/α,β-unsaturated/α-hetero) is 1. The molecule has 2 amide bonds. The Morgan fingerprint density at radius 1 is 1.16 bits per heavy atom. The van der Waals surface area contributed by atoms with Gasteiger partial charge in [0.1, 0.15) is 11.8 Å². The van der Waals surface area contributed by atoms with Crippen LogP contribution in [0.1, 0.15) is 58.3 Å². The molecule has 0 aliphatic carbocycles. The number of nitrogens with zero attached hydrogens (tertiary/aromatic N) is 2. The molecule has 1 aromatic carbocycles. The number of nitrogens with one attached hydrogen (secondary N) is 2. The second kappa shape index (κ2) is 11.7. The van der Waals surface area contributed by atoms with Crippen molar-refractivity contribution >= 4 is 34.2 Å². The number of ketones is 1. The Morgan fingerprint density at radius 3 is 2.75 bits per heavy atom. The maximum absolute atomic E-state index is 13.1. The van der Waals surface area contributed by atoms with E-state index in [0.717, 1.165) is 56.0 Å². The first kappa shape index (κ1) is 23.9. The van der Waals surface area contributed by atoms with Gasteiger partial charge in [-0.05, 0) is 58.3 Å². The summed E-state index contributed by atoms with van der Waals surface area (Å²) in [5.41, 5.74) is 1.47. The average molecular weight is 439 g/mol. The van der Waals surface area contributed by atoms with Crippen molar-refractivity contribution < 1.29 is 14.4 Å². The van der Waals surface area contributed by atoms with Crippen LogP contribution in [-0.2, 0) is 14.4 Å². The molecule has 2 atom stereocenters. The summed E-state index contributed by atoms with van der Waals surface area (Å²) in [5.74, 6) is -0.148. The molecule has 7 nitrogen and oxygen atoms in total. The fourth-order valence-corrected chi connectivity index (χ4v) is 4.21. The molecule has 3 rings (SSSR count). The third-order valence-corrected chi connectivity index (χ3v) is 6.09. The first-order chi connectivity index (χ1) is 15.4. The second-order valence-electron chi connectivity index (χ2n) is 8.76. The molecule has 1 saturated heterocycles. The lowest BCUT2D eigenvalue weighted by Crippen LogP contribution is -2.53. The highest BCUT2D eigenvalue weighted by Crippen LogP contribution is 2.18. The molecule has 1 aliphatic rings. The highest BCUT2D eigenvalue weighted by atomic mass is 16.2. The minimum Gasteiger partial charge on any atom is -0.343 e. The van der Waals surface area contributed by atoms with Gasteiger partial charge in [0.2, 0.25) is 11.8 Å². The highest BCUT2D eigenvalue weighted by molar-refractivity contribution is 5.98. The lowest BCUT2D eigenvalue weighted by Gasteiger charge is -2.32. The Kier molecular flexibility index (Phi) is 8.73. The van der Waals surface area contributed by atoms with E-state index in [1.807, 2.05) is 37.4 Å². The predicted molar refractivity (Wildman–Crippen MR) is 126 cm³/mol. The van der Waals surface area contributed by atoms with Gasteiger partial charge < -0.3 is 15.4 Å². The minimum absolute atomic E-state index is 0.0901. The Labute approximate surface area is 190 Å². The summed E-state index contributed by atoms with van der Waals surface area (Å²) >= 11 is 0. The summed E-state index contributed by atoms with van der Waals surface area (Å²) < 4.78 is 0. The van der Waals surface area contributed by atoms with Crippen LogP contribution in [0.5, 0.6) is 0 Å². The van der Waals surface area contributed by atoms with Crippen molar-refractivity contribution in [1.82, 2.24) is 15.2 Å². The maximum atomic E-state index is 13.1. The first-order valence-electron chi connectivity index (χ1n) is 11.6. The molecule has 1 aromatic heterocycles. The lowest BCUT2D eigenvalue weighted by molar-refractivity contribution is -0.131. The molecule has 0 radical (unpaired) electrons. The highest BCUT2D eigenvalue weighted by Gasteiger charge is 2.29. The number of likely N-dealkylation sites (tertiary alicyclic amines) is 1. The molecule has 0 saturated carbocycles. The van der Waals surface area contributed by atoms with Crippen LogP contribution in [0.15, 0.2) is 36.5 Å². The van der Waals surface area contributed by atoms with Gasteiger partial charge >= 0.3 is 0 Å². The molecule has 2 heterocycles. The van der Waals surface area contributed by atoms with Gasteiger partial charge in [-0.2, -0.15) is 0 Å². The Hall–Kier alpha value is -2.80. The zero-order valence-electron chi connectivity index (χ0n) is 19.1. The molecule has 1 unspecified atom stereocenters. The average Bonchev–Trinajstić information content (AvgIpc) is 2.78. The molecule has 1 fully saturated rings. The van der Waals surface area contributed by atoms with Gasteiger partial charge in [0.05, 0.1) is 23.4 Å². The molecule has 32 heavy (non-hydrogen) atoms. The van der Waals surface area contributed by atoms with Gasteiger partial charge in [0.25, 0.3) is 0 Å². The van der Waals surface area contributed by atoms with E-state index in [0.29, 0.717) is 18.5 Å². The summed E-state index contributed by atoms with van der Waals surface area (Å²) in [4.78, 5) is 43.7. The number of piperidine rings is 1. The predicted octanol–water partition coefficient (Wildman–Crippen LogP) is 3.68. The molecular formula is C25H34N4O3. The lowest BCUT2D eigenvalue weighted by atomic mass is 10.0. The fourth-order valence-electron chi connectivity index (χ4n) is 4.21. The number of carbonyl (C=O) groups is 3. The number of unbranched alkanes of at least 4 members (excludes halogenated alkanes) is 2. The third-order valence-electron chi connectivity index (χ3n) is 6.09. The van der Waals surface area contributed by atoms with Crippen LogP contribution in [0.25, 0.3) is 10.9 Å². The van der Waals surface area contributed by atoms with E-state index in [1.54, 1.807) is 13.1 Å². The van der Waals surface area contributed by atoms with Crippen LogP contribution in [0.4, 0.5) is 5.69 Å². The first-order valence-corrected chi connectivity index (χ1v) is 11.6. The number of anilines is 1. The number of para-hydroxylation sites is 1. The summed E-state index contributed by atoms with van der Waals surface area (Å²) in [5, 5.41) is 6.87. The fraction of sp³-hybridized carbons (Fsp3) is 0.520. The van der Waals surface area contributed by atoms with Crippen LogP contribution in [-0.4, -0.2) is 53.2 Å². The van der Waals surface area contributed by atoms with Gasteiger partial charge in [0.15, 0.2) is 0 Å². The molecular weight excluding hydrogens is 404 g/mol. The van der Waals surface area contributed by atoms with E-state index in [1.165, 1.54) is 0 Å². The Balaban J connectivity index is 1.65. The monoisotopic (exact) mass is 438 g/mol. The number of benzene rings is 1. The summed E-state index contributed by atoms with van der Waals surface area (Å²) in [6, 6.07) is 8.80. The maximum Gasteiger partial charge on any atom is 0.246 e. The molecule has 172 valence electrons. The van der Waals surface area contributed by atoms with E-state index in [-0.39, 0.29) is 23.6 Å². The smallest absolute Gasteiger partial charge is 0.246 e. The standard InChI is InChI=1S/C25H34N4O3/c1-18(30)10-4-3-5-13-22(28-25(32)23-14-8-9-15-29(23)2)24(31)27-20-16-19-11-6-7-12-21(19)26-17-20/h6-7,11-12,16-17,22-23H,3-5,8-10,13-15H2,1-2H3,(H,27,31)(H,28,32)/t22-,23?/m0/s1. The van der Waals surface area contributed by atoms with Crippen molar-refractivity contribution in [2.24, 2.45) is 0 Å². The quantitative estimate of drug-likeness (QED) is 0.552.